The zero-order chi connectivity index (χ0) is 19.4. The molecule has 1 heterocycles. The summed E-state index contributed by atoms with van der Waals surface area (Å²) in [6, 6.07) is 17.7. The van der Waals surface area contributed by atoms with Gasteiger partial charge in [-0.2, -0.15) is 0 Å². The number of rotatable bonds is 6. The second-order valence-corrected chi connectivity index (χ2v) is 6.68. The first kappa shape index (κ1) is 19.0. The van der Waals surface area contributed by atoms with Crippen molar-refractivity contribution in [3.63, 3.8) is 0 Å². The van der Waals surface area contributed by atoms with Gasteiger partial charge in [-0.3, -0.25) is 0 Å². The first-order chi connectivity index (χ1) is 13.0. The molecule has 0 fully saturated rings. The molecule has 0 saturated carbocycles. The van der Waals surface area contributed by atoms with Gasteiger partial charge in [-0.25, -0.2) is 9.78 Å². The number of benzene rings is 2. The lowest BCUT2D eigenvalue weighted by molar-refractivity contribution is 0.0690. The van der Waals surface area contributed by atoms with Crippen LogP contribution in [0.5, 0.6) is 5.75 Å². The number of hydrogen-bond donors (Lipinski definition) is 1. The summed E-state index contributed by atoms with van der Waals surface area (Å²) in [6.45, 7) is 3.79. The Hall–Kier alpha value is -2.82. The van der Waals surface area contributed by atoms with Gasteiger partial charge in [-0.1, -0.05) is 60.1 Å². The Kier molecular flexibility index (Phi) is 5.79. The number of carboxylic acid groups (broad SMARTS) is 1. The highest BCUT2D eigenvalue weighted by Gasteiger charge is 2.15. The number of carbonyl (C=O) groups is 1. The molecule has 4 nitrogen and oxygen atoms in total. The lowest BCUT2D eigenvalue weighted by atomic mass is 9.96. The molecule has 0 aliphatic heterocycles. The zero-order valence-corrected chi connectivity index (χ0v) is 15.7. The lowest BCUT2D eigenvalue weighted by Crippen LogP contribution is -2.01. The summed E-state index contributed by atoms with van der Waals surface area (Å²) >= 11 is 12.0. The van der Waals surface area contributed by atoms with Crippen LogP contribution in [-0.2, 0) is 0 Å². The van der Waals surface area contributed by atoms with E-state index < -0.39 is 5.97 Å². The quantitative estimate of drug-likeness (QED) is 0.560. The third kappa shape index (κ3) is 4.48. The molecule has 27 heavy (non-hydrogen) atoms. The number of ether oxygens (including phenoxy) is 1. The molecule has 1 aromatic heterocycles. The summed E-state index contributed by atoms with van der Waals surface area (Å²) in [6.07, 6.45) is 0. The average Bonchev–Trinajstić information content (AvgIpc) is 2.67. The third-order valence-corrected chi connectivity index (χ3v) is 4.13. The fourth-order valence-electron chi connectivity index (χ4n) is 2.64. The largest absolute Gasteiger partial charge is 0.487 e. The van der Waals surface area contributed by atoms with Crippen molar-refractivity contribution in [2.45, 2.75) is 0 Å². The molecule has 0 radical (unpaired) electrons. The van der Waals surface area contributed by atoms with Crippen LogP contribution in [0.25, 0.3) is 22.4 Å². The van der Waals surface area contributed by atoms with Gasteiger partial charge in [0.15, 0.2) is 0 Å². The van der Waals surface area contributed by atoms with Crippen LogP contribution in [0.15, 0.2) is 72.3 Å². The van der Waals surface area contributed by atoms with E-state index in [0.29, 0.717) is 21.5 Å². The maximum absolute atomic E-state index is 11.3. The van der Waals surface area contributed by atoms with Crippen molar-refractivity contribution < 1.29 is 14.6 Å². The monoisotopic (exact) mass is 399 g/mol. The van der Waals surface area contributed by atoms with Crippen LogP contribution in [0, 0.1) is 0 Å². The van der Waals surface area contributed by atoms with Crippen LogP contribution in [0.1, 0.15) is 10.5 Å². The molecule has 136 valence electrons. The van der Waals surface area contributed by atoms with E-state index in [2.05, 4.69) is 11.6 Å². The SMILES string of the molecule is C=C(Cl)COc1ccc(Cl)cc1-c1ccccc1-c1cccc(C(=O)O)n1. The third-order valence-electron chi connectivity index (χ3n) is 3.79. The Balaban J connectivity index is 2.14. The molecular formula is C21H15Cl2NO3. The molecule has 0 unspecified atom stereocenters. The number of pyridine rings is 1. The summed E-state index contributed by atoms with van der Waals surface area (Å²) < 4.78 is 5.76. The van der Waals surface area contributed by atoms with Crippen LogP contribution >= 0.6 is 23.2 Å². The van der Waals surface area contributed by atoms with Gasteiger partial charge in [0.2, 0.25) is 0 Å². The van der Waals surface area contributed by atoms with Gasteiger partial charge in [0.25, 0.3) is 0 Å². The van der Waals surface area contributed by atoms with Gasteiger partial charge in [0.1, 0.15) is 18.1 Å². The Labute approximate surface area is 166 Å². The number of nitrogens with zero attached hydrogens (tertiary/aromatic N) is 1. The second kappa shape index (κ2) is 8.25. The van der Waals surface area contributed by atoms with Crippen molar-refractivity contribution in [3.05, 3.63) is 83.0 Å². The molecule has 0 bridgehead atoms. The van der Waals surface area contributed by atoms with Gasteiger partial charge in [0, 0.05) is 21.2 Å². The summed E-state index contributed by atoms with van der Waals surface area (Å²) in [4.78, 5) is 15.5. The number of halogens is 2. The minimum atomic E-state index is -1.08. The predicted octanol–water partition coefficient (Wildman–Crippen LogP) is 5.90. The molecule has 0 atom stereocenters. The fraction of sp³-hybridized carbons (Fsp3) is 0.0476. The van der Waals surface area contributed by atoms with Crippen LogP contribution in [-0.4, -0.2) is 22.7 Å². The molecule has 2 aromatic carbocycles. The van der Waals surface area contributed by atoms with Crippen molar-refractivity contribution in [2.75, 3.05) is 6.61 Å². The predicted molar refractivity (Wildman–Crippen MR) is 108 cm³/mol. The minimum absolute atomic E-state index is 0.0247. The minimum Gasteiger partial charge on any atom is -0.487 e. The van der Waals surface area contributed by atoms with Crippen molar-refractivity contribution in [2.24, 2.45) is 0 Å². The lowest BCUT2D eigenvalue weighted by Gasteiger charge is -2.15. The Bertz CT molecular complexity index is 1020. The Morgan fingerprint density at radius 2 is 1.78 bits per heavy atom. The van der Waals surface area contributed by atoms with E-state index in [-0.39, 0.29) is 12.3 Å². The first-order valence-electron chi connectivity index (χ1n) is 8.01. The average molecular weight is 400 g/mol. The van der Waals surface area contributed by atoms with E-state index >= 15 is 0 Å². The molecule has 6 heteroatoms. The van der Waals surface area contributed by atoms with Gasteiger partial charge in [0.05, 0.1) is 5.69 Å². The van der Waals surface area contributed by atoms with Gasteiger partial charge in [-0.05, 0) is 35.9 Å². The Morgan fingerprint density at radius 3 is 2.48 bits per heavy atom. The molecule has 3 rings (SSSR count). The standard InChI is InChI=1S/C21H15Cl2NO3/c1-13(22)12-27-20-10-9-14(23)11-17(20)15-5-2-3-6-16(15)18-7-4-8-19(24-18)21(25)26/h2-11H,1,12H2,(H,25,26). The van der Waals surface area contributed by atoms with Crippen molar-refractivity contribution in [3.8, 4) is 28.1 Å². The second-order valence-electron chi connectivity index (χ2n) is 5.71. The molecular weight excluding hydrogens is 385 g/mol. The van der Waals surface area contributed by atoms with Crippen molar-refractivity contribution in [1.82, 2.24) is 4.98 Å². The highest BCUT2D eigenvalue weighted by atomic mass is 35.5. The van der Waals surface area contributed by atoms with Crippen LogP contribution in [0.4, 0.5) is 0 Å². The van der Waals surface area contributed by atoms with Gasteiger partial charge in [-0.15, -0.1) is 0 Å². The first-order valence-corrected chi connectivity index (χ1v) is 8.77. The van der Waals surface area contributed by atoms with Crippen LogP contribution < -0.4 is 4.74 Å². The number of carboxylic acids is 1. The van der Waals surface area contributed by atoms with E-state index in [9.17, 15) is 9.90 Å². The summed E-state index contributed by atoms with van der Waals surface area (Å²) in [5.41, 5.74) is 2.84. The van der Waals surface area contributed by atoms with E-state index in [4.69, 9.17) is 27.9 Å². The van der Waals surface area contributed by atoms with Gasteiger partial charge < -0.3 is 9.84 Å². The molecule has 0 spiro atoms. The molecule has 0 saturated heterocycles. The van der Waals surface area contributed by atoms with E-state index in [1.807, 2.05) is 24.3 Å². The molecule has 1 N–H and O–H groups in total. The Morgan fingerprint density at radius 1 is 1.04 bits per heavy atom. The van der Waals surface area contributed by atoms with E-state index in [0.717, 1.165) is 16.7 Å². The van der Waals surface area contributed by atoms with Gasteiger partial charge >= 0.3 is 5.97 Å². The molecule has 0 amide bonds. The highest BCUT2D eigenvalue weighted by Crippen LogP contribution is 2.38. The molecule has 0 aliphatic carbocycles. The fourth-order valence-corrected chi connectivity index (χ4v) is 2.87. The number of hydrogen-bond acceptors (Lipinski definition) is 3. The molecule has 3 aromatic rings. The topological polar surface area (TPSA) is 59.4 Å². The maximum Gasteiger partial charge on any atom is 0.354 e. The van der Waals surface area contributed by atoms with Crippen LogP contribution in [0.3, 0.4) is 0 Å². The van der Waals surface area contributed by atoms with E-state index in [1.54, 1.807) is 30.3 Å². The number of aromatic nitrogens is 1. The van der Waals surface area contributed by atoms with Crippen molar-refractivity contribution in [1.29, 1.82) is 0 Å². The normalized spacial score (nSPS) is 10.4. The van der Waals surface area contributed by atoms with Crippen molar-refractivity contribution >= 4 is 29.2 Å². The van der Waals surface area contributed by atoms with E-state index in [1.165, 1.54) is 6.07 Å². The molecule has 0 aliphatic rings. The summed E-state index contributed by atoms with van der Waals surface area (Å²) in [7, 11) is 0. The van der Waals surface area contributed by atoms with Crippen LogP contribution in [0.2, 0.25) is 5.02 Å². The number of aromatic carboxylic acids is 1. The zero-order valence-electron chi connectivity index (χ0n) is 14.2. The summed E-state index contributed by atoms with van der Waals surface area (Å²) in [5.74, 6) is -0.496. The smallest absolute Gasteiger partial charge is 0.354 e. The summed E-state index contributed by atoms with van der Waals surface area (Å²) in [5, 5.41) is 10.1. The maximum atomic E-state index is 11.3. The highest BCUT2D eigenvalue weighted by molar-refractivity contribution is 6.31.